The first-order chi connectivity index (χ1) is 11.6. The van der Waals surface area contributed by atoms with E-state index in [1.165, 1.54) is 22.8 Å². The molecule has 3 N–H and O–H groups in total. The van der Waals surface area contributed by atoms with Crippen molar-refractivity contribution >= 4 is 23.4 Å². The van der Waals surface area contributed by atoms with E-state index >= 15 is 0 Å². The number of nitrogens with one attached hydrogen (secondary N) is 1. The Hall–Kier alpha value is -2.80. The summed E-state index contributed by atoms with van der Waals surface area (Å²) in [4.78, 5) is 12.8. The third kappa shape index (κ3) is 3.75. The number of nitrogens with zero attached hydrogens (tertiary/aromatic N) is 3. The number of rotatable bonds is 5. The molecular formula is C17H17N5OS. The number of hydrogen-bond acceptors (Lipinski definition) is 5. The fraction of sp³-hybridized carbons (Fsp3) is 0.118. The third-order valence-corrected chi connectivity index (χ3v) is 4.65. The van der Waals surface area contributed by atoms with E-state index in [-0.39, 0.29) is 5.91 Å². The van der Waals surface area contributed by atoms with Gasteiger partial charge >= 0.3 is 0 Å². The van der Waals surface area contributed by atoms with Gasteiger partial charge < -0.3 is 11.2 Å². The van der Waals surface area contributed by atoms with E-state index in [1.807, 2.05) is 61.5 Å². The second-order valence-electron chi connectivity index (χ2n) is 5.28. The molecule has 0 saturated carbocycles. The first kappa shape index (κ1) is 16.1. The van der Waals surface area contributed by atoms with E-state index in [4.69, 9.17) is 5.84 Å². The van der Waals surface area contributed by atoms with Crippen LogP contribution in [0.25, 0.3) is 0 Å². The van der Waals surface area contributed by atoms with Crippen molar-refractivity contribution in [3.8, 4) is 0 Å². The Kier molecular flexibility index (Phi) is 4.81. The largest absolute Gasteiger partial charge is 0.336 e. The standard InChI is InChI=1S/C17H17N5OS/c1-12-7-9-14(10-8-12)20-16(23)15(13-5-3-2-4-6-13)24-17-21-19-11-22(17)18/h2-11,15H,18H2,1H3,(H,20,23)/t15-/m0/s1. The van der Waals surface area contributed by atoms with Crippen LogP contribution in [-0.4, -0.2) is 20.8 Å². The molecule has 1 atom stereocenters. The normalized spacial score (nSPS) is 11.9. The van der Waals surface area contributed by atoms with Crippen LogP contribution in [0.15, 0.2) is 66.1 Å². The lowest BCUT2D eigenvalue weighted by Gasteiger charge is -2.16. The highest BCUT2D eigenvalue weighted by molar-refractivity contribution is 8.00. The molecule has 1 amide bonds. The predicted molar refractivity (Wildman–Crippen MR) is 95.0 cm³/mol. The van der Waals surface area contributed by atoms with Crippen molar-refractivity contribution in [2.45, 2.75) is 17.3 Å². The van der Waals surface area contributed by atoms with Gasteiger partial charge in [-0.2, -0.15) is 0 Å². The number of carbonyl (C=O) groups is 1. The minimum Gasteiger partial charge on any atom is -0.336 e. The summed E-state index contributed by atoms with van der Waals surface area (Å²) in [5.74, 6) is 5.63. The van der Waals surface area contributed by atoms with Crippen LogP contribution in [0.5, 0.6) is 0 Å². The lowest BCUT2D eigenvalue weighted by atomic mass is 10.1. The SMILES string of the molecule is Cc1ccc(NC(=O)[C@@H](Sc2nncn2N)c2ccccc2)cc1. The summed E-state index contributed by atoms with van der Waals surface area (Å²) in [6.45, 7) is 2.00. The molecule has 0 aliphatic rings. The van der Waals surface area contributed by atoms with Crippen molar-refractivity contribution in [3.63, 3.8) is 0 Å². The van der Waals surface area contributed by atoms with Gasteiger partial charge in [0, 0.05) is 5.69 Å². The average molecular weight is 339 g/mol. The van der Waals surface area contributed by atoms with Gasteiger partial charge in [-0.15, -0.1) is 10.2 Å². The Bertz CT molecular complexity index is 817. The number of carbonyl (C=O) groups excluding carboxylic acids is 1. The molecule has 0 spiro atoms. The number of benzene rings is 2. The number of aromatic nitrogens is 3. The zero-order valence-corrected chi connectivity index (χ0v) is 13.9. The van der Waals surface area contributed by atoms with Crippen LogP contribution in [0.1, 0.15) is 16.4 Å². The zero-order chi connectivity index (χ0) is 16.9. The maximum Gasteiger partial charge on any atom is 0.242 e. The van der Waals surface area contributed by atoms with Gasteiger partial charge in [0.15, 0.2) is 0 Å². The van der Waals surface area contributed by atoms with Crippen LogP contribution in [0.2, 0.25) is 0 Å². The van der Waals surface area contributed by atoms with Crippen molar-refractivity contribution in [3.05, 3.63) is 72.1 Å². The first-order valence-electron chi connectivity index (χ1n) is 7.38. The van der Waals surface area contributed by atoms with Crippen molar-refractivity contribution in [2.24, 2.45) is 0 Å². The van der Waals surface area contributed by atoms with E-state index in [9.17, 15) is 4.79 Å². The number of hydrogen-bond donors (Lipinski definition) is 2. The summed E-state index contributed by atoms with van der Waals surface area (Å²) in [5.41, 5.74) is 2.76. The molecule has 3 aromatic rings. The van der Waals surface area contributed by atoms with Gasteiger partial charge in [-0.25, -0.2) is 4.68 Å². The molecule has 0 unspecified atom stereocenters. The summed E-state index contributed by atoms with van der Waals surface area (Å²) in [6.07, 6.45) is 1.41. The number of anilines is 1. The molecule has 0 radical (unpaired) electrons. The molecule has 0 bridgehead atoms. The zero-order valence-electron chi connectivity index (χ0n) is 13.1. The Labute approximate surface area is 144 Å². The molecule has 0 saturated heterocycles. The van der Waals surface area contributed by atoms with Crippen molar-refractivity contribution < 1.29 is 4.79 Å². The molecular weight excluding hydrogens is 322 g/mol. The quantitative estimate of drug-likeness (QED) is 0.551. The first-order valence-corrected chi connectivity index (χ1v) is 8.25. The van der Waals surface area contributed by atoms with Gasteiger partial charge in [0.1, 0.15) is 11.6 Å². The van der Waals surface area contributed by atoms with E-state index in [0.717, 1.165) is 16.8 Å². The van der Waals surface area contributed by atoms with Crippen molar-refractivity contribution in [1.29, 1.82) is 0 Å². The molecule has 1 heterocycles. The highest BCUT2D eigenvalue weighted by Crippen LogP contribution is 2.34. The van der Waals surface area contributed by atoms with E-state index < -0.39 is 5.25 Å². The fourth-order valence-electron chi connectivity index (χ4n) is 2.17. The maximum atomic E-state index is 12.8. The molecule has 0 fully saturated rings. The smallest absolute Gasteiger partial charge is 0.242 e. The van der Waals surface area contributed by atoms with Gasteiger partial charge in [0.25, 0.3) is 0 Å². The Morgan fingerprint density at radius 2 is 1.88 bits per heavy atom. The van der Waals surface area contributed by atoms with Gasteiger partial charge in [0.05, 0.1) is 0 Å². The number of aryl methyl sites for hydroxylation is 1. The highest BCUT2D eigenvalue weighted by Gasteiger charge is 2.24. The Balaban J connectivity index is 1.85. The fourth-order valence-corrected chi connectivity index (χ4v) is 3.10. The molecule has 24 heavy (non-hydrogen) atoms. The van der Waals surface area contributed by atoms with Crippen LogP contribution in [0, 0.1) is 6.92 Å². The third-order valence-electron chi connectivity index (χ3n) is 3.42. The summed E-state index contributed by atoms with van der Waals surface area (Å²) >= 11 is 1.26. The second-order valence-corrected chi connectivity index (χ2v) is 6.36. The summed E-state index contributed by atoms with van der Waals surface area (Å²) < 4.78 is 1.31. The predicted octanol–water partition coefficient (Wildman–Crippen LogP) is 2.77. The molecule has 6 nitrogen and oxygen atoms in total. The Morgan fingerprint density at radius 3 is 2.50 bits per heavy atom. The minimum absolute atomic E-state index is 0.141. The number of nitrogen functional groups attached to an aromatic ring is 1. The molecule has 0 aliphatic heterocycles. The van der Waals surface area contributed by atoms with Crippen molar-refractivity contribution in [2.75, 3.05) is 11.2 Å². The van der Waals surface area contributed by atoms with Gasteiger partial charge in [0.2, 0.25) is 11.1 Å². The van der Waals surface area contributed by atoms with Crippen LogP contribution < -0.4 is 11.2 Å². The topological polar surface area (TPSA) is 85.8 Å². The van der Waals surface area contributed by atoms with Crippen molar-refractivity contribution in [1.82, 2.24) is 14.9 Å². The molecule has 2 aromatic carbocycles. The number of amides is 1. The van der Waals surface area contributed by atoms with E-state index in [0.29, 0.717) is 5.16 Å². The lowest BCUT2D eigenvalue weighted by molar-refractivity contribution is -0.115. The molecule has 0 aliphatic carbocycles. The summed E-state index contributed by atoms with van der Waals surface area (Å²) in [6, 6.07) is 17.2. The molecule has 1 aromatic heterocycles. The summed E-state index contributed by atoms with van der Waals surface area (Å²) in [7, 11) is 0. The van der Waals surface area contributed by atoms with E-state index in [1.54, 1.807) is 0 Å². The van der Waals surface area contributed by atoms with Crippen LogP contribution in [0.4, 0.5) is 5.69 Å². The van der Waals surface area contributed by atoms with Gasteiger partial charge in [-0.05, 0) is 24.6 Å². The van der Waals surface area contributed by atoms with E-state index in [2.05, 4.69) is 15.5 Å². The average Bonchev–Trinajstić information content (AvgIpc) is 3.00. The van der Waals surface area contributed by atoms with Crippen LogP contribution >= 0.6 is 11.8 Å². The lowest BCUT2D eigenvalue weighted by Crippen LogP contribution is -2.20. The molecule has 122 valence electrons. The molecule has 3 rings (SSSR count). The number of nitrogens with two attached hydrogens (primary N) is 1. The monoisotopic (exact) mass is 339 g/mol. The van der Waals surface area contributed by atoms with Gasteiger partial charge in [-0.1, -0.05) is 59.8 Å². The van der Waals surface area contributed by atoms with Crippen LogP contribution in [-0.2, 0) is 4.79 Å². The summed E-state index contributed by atoms with van der Waals surface area (Å²) in [5, 5.41) is 10.6. The molecule has 7 heteroatoms. The number of thioether (sulfide) groups is 1. The minimum atomic E-state index is -0.487. The van der Waals surface area contributed by atoms with Crippen LogP contribution in [0.3, 0.4) is 0 Å². The maximum absolute atomic E-state index is 12.8. The second kappa shape index (κ2) is 7.18. The van der Waals surface area contributed by atoms with Gasteiger partial charge in [-0.3, -0.25) is 4.79 Å². The Morgan fingerprint density at radius 1 is 1.17 bits per heavy atom. The highest BCUT2D eigenvalue weighted by atomic mass is 32.2.